The smallest absolute Gasteiger partial charge is 0.475 e. The number of nitrogens with one attached hydrogen (secondary N) is 1. The number of aromatic nitrogens is 4. The molecule has 1 aliphatic rings. The van der Waals surface area contributed by atoms with Gasteiger partial charge >= 0.3 is 17.8 Å². The second-order valence-electron chi connectivity index (χ2n) is 7.61. The fraction of sp³-hybridized carbons (Fsp3) is 0.350. The highest BCUT2D eigenvalue weighted by atomic mass is 35.5. The molecule has 194 valence electrons. The number of fused-ring (bicyclic) bond motifs is 1. The Bertz CT molecular complexity index is 1420. The fourth-order valence-electron chi connectivity index (χ4n) is 3.53. The van der Waals surface area contributed by atoms with Crippen molar-refractivity contribution in [2.45, 2.75) is 12.7 Å². The highest BCUT2D eigenvalue weighted by Crippen LogP contribution is 2.29. The summed E-state index contributed by atoms with van der Waals surface area (Å²) in [5.74, 6) is -2.98. The molecule has 0 bridgehead atoms. The molecule has 2 aromatic heterocycles. The van der Waals surface area contributed by atoms with E-state index in [1.165, 1.54) is 7.05 Å². The molecule has 4 N–H and O–H groups in total. The van der Waals surface area contributed by atoms with Crippen molar-refractivity contribution in [1.29, 1.82) is 0 Å². The van der Waals surface area contributed by atoms with Crippen molar-refractivity contribution in [3.8, 4) is 5.69 Å². The number of carbonyl (C=O) groups excluding carboxylic acids is 1. The second kappa shape index (κ2) is 10.4. The van der Waals surface area contributed by atoms with Gasteiger partial charge in [-0.15, -0.1) is 0 Å². The molecule has 0 saturated carbocycles. The van der Waals surface area contributed by atoms with E-state index in [1.54, 1.807) is 28.8 Å². The number of halogens is 4. The van der Waals surface area contributed by atoms with Crippen LogP contribution in [-0.4, -0.2) is 68.0 Å². The Labute approximate surface area is 205 Å². The minimum Gasteiger partial charge on any atom is -0.475 e. The van der Waals surface area contributed by atoms with Gasteiger partial charge in [0.2, 0.25) is 11.9 Å². The van der Waals surface area contributed by atoms with E-state index in [-0.39, 0.29) is 17.7 Å². The van der Waals surface area contributed by atoms with E-state index in [4.69, 9.17) is 27.2 Å². The third-order valence-electron chi connectivity index (χ3n) is 5.17. The first-order chi connectivity index (χ1) is 16.8. The molecule has 16 heteroatoms. The highest BCUT2D eigenvalue weighted by molar-refractivity contribution is 6.32. The molecular weight excluding hydrogens is 511 g/mol. The van der Waals surface area contributed by atoms with Gasteiger partial charge in [0.25, 0.3) is 5.56 Å². The van der Waals surface area contributed by atoms with Crippen LogP contribution in [-0.2, 0) is 23.2 Å². The zero-order valence-corrected chi connectivity index (χ0v) is 19.5. The van der Waals surface area contributed by atoms with Gasteiger partial charge in [0, 0.05) is 33.2 Å². The third-order valence-corrected chi connectivity index (χ3v) is 5.49. The third kappa shape index (κ3) is 5.36. The zero-order chi connectivity index (χ0) is 26.8. The molecule has 0 aliphatic carbocycles. The van der Waals surface area contributed by atoms with Gasteiger partial charge < -0.3 is 21.1 Å². The lowest BCUT2D eigenvalue weighted by Crippen LogP contribution is -2.44. The second-order valence-corrected chi connectivity index (χ2v) is 8.02. The normalized spacial score (nSPS) is 13.9. The quantitative estimate of drug-likeness (QED) is 0.427. The number of amides is 1. The Hall–Kier alpha value is -3.85. The number of nitrogens with zero attached hydrogens (tertiary/aromatic N) is 5. The number of anilines is 1. The number of carboxylic acids is 1. The predicted molar refractivity (Wildman–Crippen MR) is 124 cm³/mol. The summed E-state index contributed by atoms with van der Waals surface area (Å²) < 4.78 is 35.5. The first kappa shape index (κ1) is 26.7. The number of carboxylic acid groups (broad SMARTS) is 1. The summed E-state index contributed by atoms with van der Waals surface area (Å²) in [6.07, 6.45) is -5.08. The van der Waals surface area contributed by atoms with Gasteiger partial charge in [0.1, 0.15) is 6.54 Å². The SMILES string of the molecule is Cn1c(=O)c2c(nc(N3CCNCC3)n2-c2ccccc2Cl)n(CC(N)=O)c1=O.O=C(O)C(F)(F)F. The van der Waals surface area contributed by atoms with Crippen LogP contribution in [0.3, 0.4) is 0 Å². The number of hydrogen-bond acceptors (Lipinski definition) is 7. The first-order valence-electron chi connectivity index (χ1n) is 10.4. The van der Waals surface area contributed by atoms with Gasteiger partial charge in [-0.2, -0.15) is 18.2 Å². The van der Waals surface area contributed by atoms with Gasteiger partial charge in [-0.3, -0.25) is 23.3 Å². The monoisotopic (exact) mass is 531 g/mol. The van der Waals surface area contributed by atoms with Crippen LogP contribution in [0.1, 0.15) is 0 Å². The van der Waals surface area contributed by atoms with Crippen molar-refractivity contribution in [3.63, 3.8) is 0 Å². The molecule has 3 heterocycles. The summed E-state index contributed by atoms with van der Waals surface area (Å²) in [6, 6.07) is 7.08. The lowest BCUT2D eigenvalue weighted by Gasteiger charge is -2.28. The fourth-order valence-corrected chi connectivity index (χ4v) is 3.75. The minimum absolute atomic E-state index is 0.102. The van der Waals surface area contributed by atoms with Crippen LogP contribution in [0, 0.1) is 0 Å². The van der Waals surface area contributed by atoms with Gasteiger partial charge in [-0.1, -0.05) is 23.7 Å². The summed E-state index contributed by atoms with van der Waals surface area (Å²) in [5.41, 5.74) is 4.98. The number of rotatable bonds is 4. The maximum Gasteiger partial charge on any atom is 0.490 e. The number of aliphatic carboxylic acids is 1. The summed E-state index contributed by atoms with van der Waals surface area (Å²) >= 11 is 6.44. The maximum absolute atomic E-state index is 13.1. The van der Waals surface area contributed by atoms with Crippen molar-refractivity contribution < 1.29 is 27.9 Å². The van der Waals surface area contributed by atoms with Crippen LogP contribution in [0.4, 0.5) is 19.1 Å². The Morgan fingerprint density at radius 3 is 2.31 bits per heavy atom. The number of nitrogens with two attached hydrogens (primary N) is 1. The van der Waals surface area contributed by atoms with E-state index in [0.717, 1.165) is 22.2 Å². The van der Waals surface area contributed by atoms with Crippen LogP contribution in [0.2, 0.25) is 5.02 Å². The zero-order valence-electron chi connectivity index (χ0n) is 18.8. The summed E-state index contributed by atoms with van der Waals surface area (Å²) in [7, 11) is 1.36. The molecule has 0 atom stereocenters. The van der Waals surface area contributed by atoms with E-state index < -0.39 is 29.3 Å². The minimum atomic E-state index is -5.08. The molecule has 1 saturated heterocycles. The molecule has 1 aliphatic heterocycles. The van der Waals surface area contributed by atoms with Gasteiger partial charge in [0.05, 0.1) is 10.7 Å². The van der Waals surface area contributed by atoms with E-state index >= 15 is 0 Å². The largest absolute Gasteiger partial charge is 0.490 e. The van der Waals surface area contributed by atoms with Crippen molar-refractivity contribution in [2.24, 2.45) is 12.8 Å². The first-order valence-corrected chi connectivity index (χ1v) is 10.7. The van der Waals surface area contributed by atoms with E-state index in [1.807, 2.05) is 4.90 Å². The molecule has 1 fully saturated rings. The van der Waals surface area contributed by atoms with Gasteiger partial charge in [-0.25, -0.2) is 9.59 Å². The summed E-state index contributed by atoms with van der Waals surface area (Å²) in [6.45, 7) is 2.43. The van der Waals surface area contributed by atoms with Crippen LogP contribution >= 0.6 is 11.6 Å². The standard InChI is InChI=1S/C18H20ClN7O3.C2HF3O2/c1-23-16(28)14-15(25(18(23)29)10-13(20)27)22-17(24-8-6-21-7-9-24)26(14)12-5-3-2-4-11(12)19;3-2(4,5)1(6)7/h2-5,21H,6-10H2,1H3,(H2,20,27);(H,6,7). The average molecular weight is 532 g/mol. The Balaban J connectivity index is 0.000000454. The van der Waals surface area contributed by atoms with Crippen molar-refractivity contribution in [1.82, 2.24) is 24.0 Å². The van der Waals surface area contributed by atoms with Gasteiger partial charge in [-0.05, 0) is 12.1 Å². The number of para-hydroxylation sites is 1. The Morgan fingerprint density at radius 1 is 1.19 bits per heavy atom. The lowest BCUT2D eigenvalue weighted by molar-refractivity contribution is -0.192. The highest BCUT2D eigenvalue weighted by Gasteiger charge is 2.38. The molecule has 0 spiro atoms. The number of hydrogen-bond donors (Lipinski definition) is 3. The Morgan fingerprint density at radius 2 is 1.78 bits per heavy atom. The molecule has 4 rings (SSSR count). The number of carbonyl (C=O) groups is 2. The van der Waals surface area contributed by atoms with Crippen molar-refractivity contribution in [3.05, 3.63) is 50.1 Å². The van der Waals surface area contributed by atoms with Crippen LogP contribution in [0.15, 0.2) is 33.9 Å². The molecule has 0 radical (unpaired) electrons. The van der Waals surface area contributed by atoms with Crippen LogP contribution < -0.4 is 27.2 Å². The lowest BCUT2D eigenvalue weighted by atomic mass is 10.3. The predicted octanol–water partition coefficient (Wildman–Crippen LogP) is 0.0675. The summed E-state index contributed by atoms with van der Waals surface area (Å²) in [5, 5.41) is 10.8. The molecule has 36 heavy (non-hydrogen) atoms. The molecular formula is C20H21ClF3N7O5. The number of benzene rings is 1. The number of piperazine rings is 1. The van der Waals surface area contributed by atoms with Crippen LogP contribution in [0.5, 0.6) is 0 Å². The van der Waals surface area contributed by atoms with Gasteiger partial charge in [0.15, 0.2) is 11.2 Å². The number of alkyl halides is 3. The summed E-state index contributed by atoms with van der Waals surface area (Å²) in [4.78, 5) is 52.8. The molecule has 1 amide bonds. The number of primary amides is 1. The average Bonchev–Trinajstić information content (AvgIpc) is 3.21. The molecule has 12 nitrogen and oxygen atoms in total. The Kier molecular flexibility index (Phi) is 7.74. The van der Waals surface area contributed by atoms with E-state index in [0.29, 0.717) is 29.7 Å². The molecule has 0 unspecified atom stereocenters. The van der Waals surface area contributed by atoms with Crippen molar-refractivity contribution in [2.75, 3.05) is 31.1 Å². The van der Waals surface area contributed by atoms with Crippen molar-refractivity contribution >= 4 is 40.6 Å². The van der Waals surface area contributed by atoms with E-state index in [9.17, 15) is 27.6 Å². The van der Waals surface area contributed by atoms with E-state index in [2.05, 4.69) is 10.3 Å². The van der Waals surface area contributed by atoms with Crippen LogP contribution in [0.25, 0.3) is 16.9 Å². The topological polar surface area (TPSA) is 157 Å². The molecule has 3 aromatic rings. The maximum atomic E-state index is 13.1. The number of imidazole rings is 1. The molecule has 1 aromatic carbocycles.